The van der Waals surface area contributed by atoms with Crippen molar-refractivity contribution in [2.75, 3.05) is 18.8 Å². The summed E-state index contributed by atoms with van der Waals surface area (Å²) in [5, 5.41) is 2.88. The summed E-state index contributed by atoms with van der Waals surface area (Å²) < 4.78 is 0. The summed E-state index contributed by atoms with van der Waals surface area (Å²) in [4.78, 5) is 15.5. The van der Waals surface area contributed by atoms with E-state index in [0.29, 0.717) is 11.7 Å². The highest BCUT2D eigenvalue weighted by molar-refractivity contribution is 8.00. The molecule has 2 N–H and O–H groups in total. The second kappa shape index (κ2) is 7.77. The highest BCUT2D eigenvalue weighted by atomic mass is 35.5. The van der Waals surface area contributed by atoms with Gasteiger partial charge in [0, 0.05) is 34.4 Å². The molecule has 1 amide bonds. The minimum Gasteiger partial charge on any atom is -0.342 e. The van der Waals surface area contributed by atoms with Crippen LogP contribution in [0.3, 0.4) is 0 Å². The molecular formula is C19H23ClN2OS. The minimum absolute atomic E-state index is 0.201. The minimum atomic E-state index is 0.201. The summed E-state index contributed by atoms with van der Waals surface area (Å²) in [6, 6.07) is 12.2. The van der Waals surface area contributed by atoms with Gasteiger partial charge in [0.25, 0.3) is 0 Å². The lowest BCUT2D eigenvalue weighted by Gasteiger charge is -2.33. The molecule has 1 fully saturated rings. The highest BCUT2D eigenvalue weighted by Crippen LogP contribution is 2.33. The molecule has 1 saturated heterocycles. The first-order valence-electron chi connectivity index (χ1n) is 8.39. The van der Waals surface area contributed by atoms with E-state index in [2.05, 4.69) is 6.92 Å². The molecule has 1 aliphatic heterocycles. The quantitative estimate of drug-likeness (QED) is 0.830. The molecule has 0 saturated carbocycles. The number of thioether (sulfide) groups is 1. The maximum atomic E-state index is 12.5. The molecule has 24 heavy (non-hydrogen) atoms. The van der Waals surface area contributed by atoms with Gasteiger partial charge in [-0.25, -0.2) is 0 Å². The van der Waals surface area contributed by atoms with Crippen molar-refractivity contribution in [2.45, 2.75) is 30.7 Å². The van der Waals surface area contributed by atoms with Gasteiger partial charge in [-0.1, -0.05) is 35.9 Å². The summed E-state index contributed by atoms with van der Waals surface area (Å²) in [5.41, 5.74) is 5.97. The molecule has 3 rings (SSSR count). The lowest BCUT2D eigenvalue weighted by atomic mass is 9.91. The van der Waals surface area contributed by atoms with E-state index in [4.69, 9.17) is 17.3 Å². The second-order valence-corrected chi connectivity index (χ2v) is 7.88. The fourth-order valence-electron chi connectivity index (χ4n) is 3.29. The van der Waals surface area contributed by atoms with E-state index < -0.39 is 0 Å². The summed E-state index contributed by atoms with van der Waals surface area (Å²) >= 11 is 7.92. The number of benzene rings is 2. The molecule has 1 unspecified atom stereocenters. The Bertz CT molecular complexity index is 721. The van der Waals surface area contributed by atoms with Crippen molar-refractivity contribution in [3.05, 3.63) is 41.4 Å². The summed E-state index contributed by atoms with van der Waals surface area (Å²) in [6.07, 6.45) is 2.02. The van der Waals surface area contributed by atoms with Gasteiger partial charge < -0.3 is 10.6 Å². The van der Waals surface area contributed by atoms with Crippen LogP contribution in [0.2, 0.25) is 5.02 Å². The number of likely N-dealkylation sites (tertiary alicyclic amines) is 1. The van der Waals surface area contributed by atoms with Crippen LogP contribution in [-0.2, 0) is 4.79 Å². The third-order valence-corrected chi connectivity index (χ3v) is 6.16. The van der Waals surface area contributed by atoms with Crippen LogP contribution in [-0.4, -0.2) is 35.7 Å². The van der Waals surface area contributed by atoms with Crippen LogP contribution in [0.4, 0.5) is 0 Å². The first kappa shape index (κ1) is 17.6. The number of nitrogens with zero attached hydrogens (tertiary/aromatic N) is 1. The molecule has 0 aliphatic carbocycles. The van der Waals surface area contributed by atoms with E-state index in [1.54, 1.807) is 11.8 Å². The van der Waals surface area contributed by atoms with Crippen molar-refractivity contribution in [1.29, 1.82) is 0 Å². The Hall–Kier alpha value is -1.23. The summed E-state index contributed by atoms with van der Waals surface area (Å²) in [7, 11) is 0. The molecule has 0 aromatic heterocycles. The van der Waals surface area contributed by atoms with Crippen LogP contribution in [0.25, 0.3) is 10.8 Å². The molecule has 2 aromatic carbocycles. The van der Waals surface area contributed by atoms with Crippen LogP contribution in [0.5, 0.6) is 0 Å². The van der Waals surface area contributed by atoms with Gasteiger partial charge in [0.05, 0.1) is 5.75 Å². The molecule has 5 heteroatoms. The van der Waals surface area contributed by atoms with Gasteiger partial charge in [0.15, 0.2) is 0 Å². The Labute approximate surface area is 152 Å². The van der Waals surface area contributed by atoms with Crippen LogP contribution in [0.1, 0.15) is 19.8 Å². The second-order valence-electron chi connectivity index (χ2n) is 6.46. The maximum absolute atomic E-state index is 12.5. The first-order chi connectivity index (χ1) is 11.6. The monoisotopic (exact) mass is 362 g/mol. The van der Waals surface area contributed by atoms with Gasteiger partial charge in [-0.3, -0.25) is 4.79 Å². The molecule has 128 valence electrons. The zero-order valence-corrected chi connectivity index (χ0v) is 15.4. The number of amides is 1. The number of carbonyl (C=O) groups excluding carboxylic acids is 1. The van der Waals surface area contributed by atoms with Gasteiger partial charge in [0.1, 0.15) is 0 Å². The fourth-order valence-corrected chi connectivity index (χ4v) is 4.64. The van der Waals surface area contributed by atoms with Crippen molar-refractivity contribution >= 4 is 40.0 Å². The largest absolute Gasteiger partial charge is 0.342 e. The van der Waals surface area contributed by atoms with E-state index in [1.165, 1.54) is 0 Å². The molecule has 0 bridgehead atoms. The third-order valence-electron chi connectivity index (χ3n) is 4.80. The standard InChI is InChI=1S/C19H23ClN2OS/c1-13(21)14-8-10-22(11-9-14)18(23)12-24-17-7-3-5-15-4-2-6-16(20)19(15)17/h2-7,13-14H,8-12,21H2,1H3. The van der Waals surface area contributed by atoms with Gasteiger partial charge in [-0.05, 0) is 43.2 Å². The smallest absolute Gasteiger partial charge is 0.232 e. The SMILES string of the molecule is CC(N)C1CCN(C(=O)CSc2cccc3cccc(Cl)c23)CC1. The normalized spacial score (nSPS) is 17.2. The van der Waals surface area contributed by atoms with Crippen molar-refractivity contribution < 1.29 is 4.79 Å². The third kappa shape index (κ3) is 3.88. The lowest BCUT2D eigenvalue weighted by Crippen LogP contribution is -2.43. The number of hydrogen-bond acceptors (Lipinski definition) is 3. The predicted octanol–water partition coefficient (Wildman–Crippen LogP) is 4.17. The predicted molar refractivity (Wildman–Crippen MR) is 103 cm³/mol. The molecule has 1 heterocycles. The molecule has 3 nitrogen and oxygen atoms in total. The van der Waals surface area contributed by atoms with Crippen LogP contribution in [0, 0.1) is 5.92 Å². The van der Waals surface area contributed by atoms with E-state index in [-0.39, 0.29) is 11.9 Å². The molecule has 0 radical (unpaired) electrons. The highest BCUT2D eigenvalue weighted by Gasteiger charge is 2.24. The van der Waals surface area contributed by atoms with E-state index in [9.17, 15) is 4.79 Å². The van der Waals surface area contributed by atoms with Crippen LogP contribution in [0.15, 0.2) is 41.3 Å². The van der Waals surface area contributed by atoms with E-state index >= 15 is 0 Å². The number of nitrogens with two attached hydrogens (primary N) is 1. The summed E-state index contributed by atoms with van der Waals surface area (Å²) in [6.45, 7) is 3.70. The molecular weight excluding hydrogens is 340 g/mol. The molecule has 0 spiro atoms. The average Bonchev–Trinajstić information content (AvgIpc) is 2.60. The number of carbonyl (C=O) groups is 1. The maximum Gasteiger partial charge on any atom is 0.232 e. The van der Waals surface area contributed by atoms with Crippen molar-refractivity contribution in [3.8, 4) is 0 Å². The van der Waals surface area contributed by atoms with E-state index in [1.807, 2.05) is 41.3 Å². The lowest BCUT2D eigenvalue weighted by molar-refractivity contribution is -0.129. The molecule has 2 aromatic rings. The number of fused-ring (bicyclic) bond motifs is 1. The zero-order valence-electron chi connectivity index (χ0n) is 13.9. The van der Waals surface area contributed by atoms with Gasteiger partial charge in [0.2, 0.25) is 5.91 Å². The Kier molecular flexibility index (Phi) is 5.69. The number of halogens is 1. The average molecular weight is 363 g/mol. The van der Waals surface area contributed by atoms with Gasteiger partial charge >= 0.3 is 0 Å². The van der Waals surface area contributed by atoms with E-state index in [0.717, 1.165) is 46.6 Å². The van der Waals surface area contributed by atoms with Gasteiger partial charge in [-0.2, -0.15) is 0 Å². The topological polar surface area (TPSA) is 46.3 Å². The molecule has 1 atom stereocenters. The van der Waals surface area contributed by atoms with Gasteiger partial charge in [-0.15, -0.1) is 11.8 Å². The van der Waals surface area contributed by atoms with Crippen LogP contribution < -0.4 is 5.73 Å². The summed E-state index contributed by atoms with van der Waals surface area (Å²) in [5.74, 6) is 1.19. The Morgan fingerprint density at radius 1 is 1.29 bits per heavy atom. The Morgan fingerprint density at radius 3 is 2.62 bits per heavy atom. The zero-order chi connectivity index (χ0) is 17.1. The number of piperidine rings is 1. The van der Waals surface area contributed by atoms with Crippen molar-refractivity contribution in [1.82, 2.24) is 4.90 Å². The fraction of sp³-hybridized carbons (Fsp3) is 0.421. The van der Waals surface area contributed by atoms with Crippen LogP contribution >= 0.6 is 23.4 Å². The Morgan fingerprint density at radius 2 is 1.96 bits per heavy atom. The first-order valence-corrected chi connectivity index (χ1v) is 9.76. The Balaban J connectivity index is 1.63. The van der Waals surface area contributed by atoms with Crippen molar-refractivity contribution in [3.63, 3.8) is 0 Å². The van der Waals surface area contributed by atoms with Crippen molar-refractivity contribution in [2.24, 2.45) is 11.7 Å². The number of hydrogen-bond donors (Lipinski definition) is 1. The molecule has 1 aliphatic rings. The number of rotatable bonds is 4.